The van der Waals surface area contributed by atoms with Gasteiger partial charge in [-0.15, -0.1) is 0 Å². The van der Waals surface area contributed by atoms with Crippen molar-refractivity contribution in [2.75, 3.05) is 18.5 Å². The van der Waals surface area contributed by atoms with Gasteiger partial charge < -0.3 is 14.6 Å². The van der Waals surface area contributed by atoms with E-state index in [-0.39, 0.29) is 28.5 Å². The number of carbonyl (C=O) groups is 2. The van der Waals surface area contributed by atoms with Crippen LogP contribution in [0.1, 0.15) is 50.9 Å². The molecule has 2 amide bonds. The minimum atomic E-state index is -3.70. The molecule has 0 unspecified atom stereocenters. The molecule has 33 heavy (non-hydrogen) atoms. The lowest BCUT2D eigenvalue weighted by Gasteiger charge is -2.27. The quantitative estimate of drug-likeness (QED) is 0.643. The molecule has 0 bridgehead atoms. The van der Waals surface area contributed by atoms with Crippen LogP contribution in [0.4, 0.5) is 5.69 Å². The molecule has 2 aliphatic rings. The normalized spacial score (nSPS) is 22.3. The van der Waals surface area contributed by atoms with Gasteiger partial charge in [0, 0.05) is 25.2 Å². The molecule has 0 atom stereocenters. The number of carbonyl (C=O) groups excluding carboxylic acids is 2. The van der Waals surface area contributed by atoms with E-state index in [4.69, 9.17) is 4.42 Å². The lowest BCUT2D eigenvalue weighted by Crippen LogP contribution is -2.36. The number of hydrogen-bond acceptors (Lipinski definition) is 5. The zero-order valence-electron chi connectivity index (χ0n) is 19.3. The number of anilines is 1. The Hall–Kier alpha value is -2.65. The zero-order valence-corrected chi connectivity index (χ0v) is 20.1. The molecule has 1 saturated carbocycles. The van der Waals surface area contributed by atoms with Gasteiger partial charge in [0.2, 0.25) is 21.8 Å². The Balaban J connectivity index is 1.31. The lowest BCUT2D eigenvalue weighted by atomic mass is 9.81. The number of fused-ring (bicyclic) bond motifs is 1. The van der Waals surface area contributed by atoms with Gasteiger partial charge in [-0.2, -0.15) is 0 Å². The van der Waals surface area contributed by atoms with E-state index in [9.17, 15) is 18.0 Å². The van der Waals surface area contributed by atoms with Crippen molar-refractivity contribution < 1.29 is 22.4 Å². The number of sulfonamides is 1. The van der Waals surface area contributed by atoms with E-state index in [2.05, 4.69) is 10.0 Å². The predicted molar refractivity (Wildman–Crippen MR) is 124 cm³/mol. The summed E-state index contributed by atoms with van der Waals surface area (Å²) in [6.07, 6.45) is 4.63. The second-order valence-electron chi connectivity index (χ2n) is 9.53. The number of furan rings is 1. The van der Waals surface area contributed by atoms with Crippen molar-refractivity contribution in [1.82, 2.24) is 10.0 Å². The van der Waals surface area contributed by atoms with Crippen molar-refractivity contribution in [2.45, 2.75) is 56.4 Å². The highest BCUT2D eigenvalue weighted by atomic mass is 32.2. The van der Waals surface area contributed by atoms with Gasteiger partial charge in [-0.3, -0.25) is 9.59 Å². The molecule has 1 aromatic heterocycles. The third kappa shape index (κ3) is 4.70. The number of benzene rings is 1. The zero-order chi connectivity index (χ0) is 23.8. The molecule has 1 aliphatic heterocycles. The SMILES string of the molecule is CN1C(=O)C(C)(C)c2cc(S(=O)(=O)NCC3CCC(C(=O)NCc4ccco4)CC3)ccc21. The molecule has 2 aromatic rings. The summed E-state index contributed by atoms with van der Waals surface area (Å²) in [4.78, 5) is 26.6. The van der Waals surface area contributed by atoms with E-state index in [1.54, 1.807) is 42.5 Å². The van der Waals surface area contributed by atoms with Crippen molar-refractivity contribution >= 4 is 27.5 Å². The van der Waals surface area contributed by atoms with Crippen LogP contribution in [0, 0.1) is 11.8 Å². The molecule has 2 N–H and O–H groups in total. The first-order valence-electron chi connectivity index (χ1n) is 11.3. The maximum atomic E-state index is 12.9. The van der Waals surface area contributed by atoms with Crippen LogP contribution >= 0.6 is 0 Å². The van der Waals surface area contributed by atoms with Crippen LogP contribution < -0.4 is 14.9 Å². The van der Waals surface area contributed by atoms with Gasteiger partial charge in [0.25, 0.3) is 0 Å². The van der Waals surface area contributed by atoms with E-state index in [0.717, 1.165) is 42.7 Å². The Bertz CT molecular complexity index is 1130. The summed E-state index contributed by atoms with van der Waals surface area (Å²) >= 11 is 0. The molecule has 4 rings (SSSR count). The maximum Gasteiger partial charge on any atom is 0.240 e. The number of nitrogens with one attached hydrogen (secondary N) is 2. The summed E-state index contributed by atoms with van der Waals surface area (Å²) in [7, 11) is -2.00. The number of rotatable bonds is 7. The summed E-state index contributed by atoms with van der Waals surface area (Å²) in [6, 6.07) is 8.46. The Morgan fingerprint density at radius 3 is 2.58 bits per heavy atom. The number of hydrogen-bond donors (Lipinski definition) is 2. The first kappa shape index (κ1) is 23.5. The van der Waals surface area contributed by atoms with Gasteiger partial charge in [-0.1, -0.05) is 0 Å². The fourth-order valence-electron chi connectivity index (χ4n) is 4.79. The summed E-state index contributed by atoms with van der Waals surface area (Å²) in [5.74, 6) is 0.821. The highest BCUT2D eigenvalue weighted by molar-refractivity contribution is 7.89. The Morgan fingerprint density at radius 2 is 1.91 bits per heavy atom. The van der Waals surface area contributed by atoms with Crippen molar-refractivity contribution in [3.63, 3.8) is 0 Å². The molecule has 2 heterocycles. The lowest BCUT2D eigenvalue weighted by molar-refractivity contribution is -0.126. The third-order valence-electron chi connectivity index (χ3n) is 6.95. The smallest absolute Gasteiger partial charge is 0.240 e. The molecule has 178 valence electrons. The maximum absolute atomic E-state index is 12.9. The average molecular weight is 474 g/mol. The van der Waals surface area contributed by atoms with E-state index in [1.807, 2.05) is 19.9 Å². The standard InChI is InChI=1S/C24H31N3O5S/c1-24(2)20-13-19(10-11-21(20)27(3)23(24)29)33(30,31)26-14-16-6-8-17(9-7-16)22(28)25-15-18-5-4-12-32-18/h4-5,10-13,16-17,26H,6-9,14-15H2,1-3H3,(H,25,28). The van der Waals surface area contributed by atoms with Gasteiger partial charge >= 0.3 is 0 Å². The van der Waals surface area contributed by atoms with Gasteiger partial charge in [-0.05, 0) is 81.3 Å². The largest absolute Gasteiger partial charge is 0.467 e. The average Bonchev–Trinajstić information content (AvgIpc) is 3.39. The van der Waals surface area contributed by atoms with Crippen LogP contribution in [0.25, 0.3) is 0 Å². The van der Waals surface area contributed by atoms with E-state index >= 15 is 0 Å². The molecule has 8 nitrogen and oxygen atoms in total. The van der Waals surface area contributed by atoms with Gasteiger partial charge in [0.05, 0.1) is 23.1 Å². The van der Waals surface area contributed by atoms with Crippen molar-refractivity contribution in [2.24, 2.45) is 11.8 Å². The molecular formula is C24H31N3O5S. The minimum Gasteiger partial charge on any atom is -0.467 e. The molecule has 0 radical (unpaired) electrons. The minimum absolute atomic E-state index is 0.0192. The summed E-state index contributed by atoms with van der Waals surface area (Å²) in [6.45, 7) is 4.34. The fraction of sp³-hybridized carbons (Fsp3) is 0.500. The van der Waals surface area contributed by atoms with Crippen LogP contribution in [-0.4, -0.2) is 33.8 Å². The van der Waals surface area contributed by atoms with Crippen LogP contribution in [0.5, 0.6) is 0 Å². The molecule has 1 aromatic carbocycles. The fourth-order valence-corrected chi connectivity index (χ4v) is 5.93. The summed E-state index contributed by atoms with van der Waals surface area (Å²) in [5, 5.41) is 2.91. The van der Waals surface area contributed by atoms with Crippen LogP contribution in [-0.2, 0) is 31.6 Å². The molecule has 9 heteroatoms. The number of likely N-dealkylation sites (N-methyl/N-ethyl adjacent to an activating group) is 1. The van der Waals surface area contributed by atoms with E-state index in [0.29, 0.717) is 13.1 Å². The first-order chi connectivity index (χ1) is 15.6. The van der Waals surface area contributed by atoms with Gasteiger partial charge in [0.15, 0.2) is 0 Å². The molecule has 0 spiro atoms. The highest BCUT2D eigenvalue weighted by Gasteiger charge is 2.42. The monoisotopic (exact) mass is 473 g/mol. The van der Waals surface area contributed by atoms with Crippen molar-refractivity contribution in [3.8, 4) is 0 Å². The molecule has 1 aliphatic carbocycles. The van der Waals surface area contributed by atoms with Crippen LogP contribution in [0.2, 0.25) is 0 Å². The van der Waals surface area contributed by atoms with Crippen molar-refractivity contribution in [1.29, 1.82) is 0 Å². The van der Waals surface area contributed by atoms with Crippen LogP contribution in [0.3, 0.4) is 0 Å². The molecule has 1 fully saturated rings. The summed E-state index contributed by atoms with van der Waals surface area (Å²) < 4.78 is 33.8. The second kappa shape index (κ2) is 8.95. The number of nitrogens with zero attached hydrogens (tertiary/aromatic N) is 1. The first-order valence-corrected chi connectivity index (χ1v) is 12.8. The van der Waals surface area contributed by atoms with Gasteiger partial charge in [-0.25, -0.2) is 13.1 Å². The third-order valence-corrected chi connectivity index (χ3v) is 8.37. The van der Waals surface area contributed by atoms with Crippen LogP contribution in [0.15, 0.2) is 45.9 Å². The van der Waals surface area contributed by atoms with Crippen molar-refractivity contribution in [3.05, 3.63) is 47.9 Å². The number of amides is 2. The second-order valence-corrected chi connectivity index (χ2v) is 11.3. The Kier molecular flexibility index (Phi) is 6.37. The Labute approximate surface area is 194 Å². The topological polar surface area (TPSA) is 109 Å². The Morgan fingerprint density at radius 1 is 1.18 bits per heavy atom. The summed E-state index contributed by atoms with van der Waals surface area (Å²) in [5.41, 5.74) is 0.706. The predicted octanol–water partition coefficient (Wildman–Crippen LogP) is 2.93. The van der Waals surface area contributed by atoms with E-state index < -0.39 is 15.4 Å². The molecular weight excluding hydrogens is 442 g/mol. The van der Waals surface area contributed by atoms with Gasteiger partial charge in [0.1, 0.15) is 5.76 Å². The molecule has 0 saturated heterocycles. The highest BCUT2D eigenvalue weighted by Crippen LogP contribution is 2.41. The van der Waals surface area contributed by atoms with E-state index in [1.165, 1.54) is 0 Å².